The standard InChI is InChI=1S/C11H24BrN/c1-5-6-11(4)9-13(8-7-12)10(2)3/h10-11H,5-9H2,1-4H3. The van der Waals surface area contributed by atoms with Crippen LogP contribution in [-0.2, 0) is 0 Å². The van der Waals surface area contributed by atoms with Gasteiger partial charge in [0.15, 0.2) is 0 Å². The first kappa shape index (κ1) is 13.4. The highest BCUT2D eigenvalue weighted by molar-refractivity contribution is 9.09. The summed E-state index contributed by atoms with van der Waals surface area (Å²) in [6.45, 7) is 11.6. The molecule has 0 spiro atoms. The topological polar surface area (TPSA) is 3.24 Å². The van der Waals surface area contributed by atoms with Crippen LogP contribution >= 0.6 is 15.9 Å². The van der Waals surface area contributed by atoms with Crippen molar-refractivity contribution in [2.24, 2.45) is 5.92 Å². The molecule has 0 bridgehead atoms. The van der Waals surface area contributed by atoms with E-state index in [1.165, 1.54) is 25.9 Å². The van der Waals surface area contributed by atoms with Gasteiger partial charge in [-0.15, -0.1) is 0 Å². The first-order chi connectivity index (χ1) is 6.11. The van der Waals surface area contributed by atoms with Gasteiger partial charge in [-0.1, -0.05) is 36.2 Å². The number of hydrogen-bond acceptors (Lipinski definition) is 1. The number of hydrogen-bond donors (Lipinski definition) is 0. The van der Waals surface area contributed by atoms with Crippen LogP contribution in [0, 0.1) is 5.92 Å². The highest BCUT2D eigenvalue weighted by atomic mass is 79.9. The van der Waals surface area contributed by atoms with Crippen LogP contribution < -0.4 is 0 Å². The first-order valence-electron chi connectivity index (χ1n) is 5.41. The summed E-state index contributed by atoms with van der Waals surface area (Å²) in [5.74, 6) is 0.839. The SMILES string of the molecule is CCCC(C)CN(CCBr)C(C)C. The zero-order valence-electron chi connectivity index (χ0n) is 9.52. The van der Waals surface area contributed by atoms with Crippen molar-refractivity contribution in [1.29, 1.82) is 0 Å². The van der Waals surface area contributed by atoms with Gasteiger partial charge in [-0.2, -0.15) is 0 Å². The number of halogens is 1. The lowest BCUT2D eigenvalue weighted by atomic mass is 10.1. The van der Waals surface area contributed by atoms with Crippen LogP contribution in [0.3, 0.4) is 0 Å². The van der Waals surface area contributed by atoms with Crippen LogP contribution in [-0.4, -0.2) is 29.4 Å². The Morgan fingerprint density at radius 1 is 1.23 bits per heavy atom. The molecule has 1 nitrogen and oxygen atoms in total. The zero-order valence-corrected chi connectivity index (χ0v) is 11.1. The second kappa shape index (κ2) is 7.81. The van der Waals surface area contributed by atoms with Crippen molar-refractivity contribution in [2.75, 3.05) is 18.4 Å². The summed E-state index contributed by atoms with van der Waals surface area (Å²) >= 11 is 3.51. The molecule has 0 N–H and O–H groups in total. The predicted molar refractivity (Wildman–Crippen MR) is 64.6 cm³/mol. The van der Waals surface area contributed by atoms with Crippen molar-refractivity contribution >= 4 is 15.9 Å². The van der Waals surface area contributed by atoms with Gasteiger partial charge < -0.3 is 0 Å². The highest BCUT2D eigenvalue weighted by Gasteiger charge is 2.11. The first-order valence-corrected chi connectivity index (χ1v) is 6.54. The molecule has 0 aliphatic rings. The van der Waals surface area contributed by atoms with E-state index in [4.69, 9.17) is 0 Å². The predicted octanol–water partition coefficient (Wildman–Crippen LogP) is 3.53. The third-order valence-corrected chi connectivity index (χ3v) is 2.78. The molecule has 0 radical (unpaired) electrons. The summed E-state index contributed by atoms with van der Waals surface area (Å²) in [6, 6.07) is 0.678. The summed E-state index contributed by atoms with van der Waals surface area (Å²) in [5.41, 5.74) is 0. The minimum absolute atomic E-state index is 0.678. The van der Waals surface area contributed by atoms with Crippen LogP contribution in [0.5, 0.6) is 0 Å². The van der Waals surface area contributed by atoms with Gasteiger partial charge >= 0.3 is 0 Å². The van der Waals surface area contributed by atoms with Crippen molar-refractivity contribution in [2.45, 2.75) is 46.6 Å². The van der Waals surface area contributed by atoms with Crippen LogP contribution in [0.15, 0.2) is 0 Å². The Balaban J connectivity index is 3.79. The Morgan fingerprint density at radius 3 is 2.23 bits per heavy atom. The minimum atomic E-state index is 0.678. The molecule has 2 heteroatoms. The molecule has 0 aliphatic carbocycles. The maximum Gasteiger partial charge on any atom is 0.0159 e. The van der Waals surface area contributed by atoms with Gasteiger partial charge in [0.1, 0.15) is 0 Å². The number of rotatable bonds is 7. The molecule has 0 saturated carbocycles. The van der Waals surface area contributed by atoms with Crippen molar-refractivity contribution in [3.8, 4) is 0 Å². The molecule has 0 fully saturated rings. The second-order valence-corrected chi connectivity index (χ2v) is 4.96. The average molecular weight is 250 g/mol. The molecule has 0 rings (SSSR count). The minimum Gasteiger partial charge on any atom is -0.300 e. The van der Waals surface area contributed by atoms with Crippen LogP contribution in [0.4, 0.5) is 0 Å². The average Bonchev–Trinajstić information content (AvgIpc) is 2.04. The second-order valence-electron chi connectivity index (χ2n) is 4.17. The normalized spacial score (nSPS) is 14.1. The van der Waals surface area contributed by atoms with Gasteiger partial charge in [-0.25, -0.2) is 0 Å². The summed E-state index contributed by atoms with van der Waals surface area (Å²) in [5, 5.41) is 1.09. The molecule has 0 saturated heterocycles. The summed E-state index contributed by atoms with van der Waals surface area (Å²) in [7, 11) is 0. The molecule has 13 heavy (non-hydrogen) atoms. The van der Waals surface area contributed by atoms with E-state index in [0.29, 0.717) is 6.04 Å². The molecule has 0 aromatic heterocycles. The van der Waals surface area contributed by atoms with Crippen LogP contribution in [0.1, 0.15) is 40.5 Å². The lowest BCUT2D eigenvalue weighted by molar-refractivity contribution is 0.200. The van der Waals surface area contributed by atoms with E-state index in [1.807, 2.05) is 0 Å². The van der Waals surface area contributed by atoms with E-state index in [-0.39, 0.29) is 0 Å². The Hall–Kier alpha value is 0.440. The third-order valence-electron chi connectivity index (χ3n) is 2.43. The fraction of sp³-hybridized carbons (Fsp3) is 1.00. The third kappa shape index (κ3) is 6.50. The largest absolute Gasteiger partial charge is 0.300 e. The number of nitrogens with zero attached hydrogens (tertiary/aromatic N) is 1. The molecular weight excluding hydrogens is 226 g/mol. The maximum absolute atomic E-state index is 3.51. The van der Waals surface area contributed by atoms with Gasteiger partial charge in [0.25, 0.3) is 0 Å². The van der Waals surface area contributed by atoms with Gasteiger partial charge in [0.2, 0.25) is 0 Å². The smallest absolute Gasteiger partial charge is 0.0159 e. The van der Waals surface area contributed by atoms with E-state index in [9.17, 15) is 0 Å². The van der Waals surface area contributed by atoms with Gasteiger partial charge in [0.05, 0.1) is 0 Å². The van der Waals surface area contributed by atoms with Gasteiger partial charge in [-0.3, -0.25) is 4.90 Å². The number of alkyl halides is 1. The Morgan fingerprint density at radius 2 is 1.85 bits per heavy atom. The van der Waals surface area contributed by atoms with Crippen LogP contribution in [0.25, 0.3) is 0 Å². The van der Waals surface area contributed by atoms with E-state index >= 15 is 0 Å². The molecule has 0 heterocycles. The molecule has 80 valence electrons. The fourth-order valence-electron chi connectivity index (χ4n) is 1.65. The molecule has 1 atom stereocenters. The molecule has 1 unspecified atom stereocenters. The lowest BCUT2D eigenvalue weighted by Crippen LogP contribution is -2.36. The maximum atomic E-state index is 3.51. The van der Waals surface area contributed by atoms with E-state index in [2.05, 4.69) is 48.5 Å². The van der Waals surface area contributed by atoms with Gasteiger partial charge in [-0.05, 0) is 26.2 Å². The monoisotopic (exact) mass is 249 g/mol. The highest BCUT2D eigenvalue weighted by Crippen LogP contribution is 2.10. The zero-order chi connectivity index (χ0) is 10.3. The van der Waals surface area contributed by atoms with E-state index in [1.54, 1.807) is 0 Å². The van der Waals surface area contributed by atoms with Crippen molar-refractivity contribution in [1.82, 2.24) is 4.90 Å². The van der Waals surface area contributed by atoms with Gasteiger partial charge in [0, 0.05) is 24.5 Å². The Bertz CT molecular complexity index is 115. The molecular formula is C11H24BrN. The summed E-state index contributed by atoms with van der Waals surface area (Å²) in [4.78, 5) is 2.55. The molecule has 0 amide bonds. The molecule has 0 aliphatic heterocycles. The van der Waals surface area contributed by atoms with Crippen molar-refractivity contribution < 1.29 is 0 Å². The molecule has 0 aromatic rings. The van der Waals surface area contributed by atoms with E-state index < -0.39 is 0 Å². The van der Waals surface area contributed by atoms with E-state index in [0.717, 1.165) is 11.2 Å². The van der Waals surface area contributed by atoms with Crippen LogP contribution in [0.2, 0.25) is 0 Å². The molecule has 0 aromatic carbocycles. The lowest BCUT2D eigenvalue weighted by Gasteiger charge is -2.28. The fourth-order valence-corrected chi connectivity index (χ4v) is 2.11. The Labute approximate surface area is 92.0 Å². The summed E-state index contributed by atoms with van der Waals surface area (Å²) in [6.07, 6.45) is 2.66. The Kier molecular flexibility index (Phi) is 8.07. The van der Waals surface area contributed by atoms with Crippen molar-refractivity contribution in [3.05, 3.63) is 0 Å². The van der Waals surface area contributed by atoms with Crippen molar-refractivity contribution in [3.63, 3.8) is 0 Å². The quantitative estimate of drug-likeness (QED) is 0.625. The summed E-state index contributed by atoms with van der Waals surface area (Å²) < 4.78 is 0.